The van der Waals surface area contributed by atoms with E-state index in [1.165, 1.54) is 11.1 Å². The highest BCUT2D eigenvalue weighted by molar-refractivity contribution is 6.30. The third kappa shape index (κ3) is 4.56. The van der Waals surface area contributed by atoms with Gasteiger partial charge in [0.2, 0.25) is 0 Å². The summed E-state index contributed by atoms with van der Waals surface area (Å²) in [7, 11) is 0. The number of aryl methyl sites for hydroxylation is 3. The van der Waals surface area contributed by atoms with Gasteiger partial charge < -0.3 is 14.5 Å². The van der Waals surface area contributed by atoms with Gasteiger partial charge in [-0.1, -0.05) is 23.7 Å². The number of carbonyl (C=O) groups excluding carboxylic acids is 1. The summed E-state index contributed by atoms with van der Waals surface area (Å²) in [5.74, 6) is 0.780. The van der Waals surface area contributed by atoms with Gasteiger partial charge in [0.15, 0.2) is 6.10 Å². The van der Waals surface area contributed by atoms with Gasteiger partial charge in [0.25, 0.3) is 5.91 Å². The van der Waals surface area contributed by atoms with Crippen molar-refractivity contribution in [1.82, 2.24) is 4.90 Å². The van der Waals surface area contributed by atoms with E-state index in [2.05, 4.69) is 18.7 Å². The lowest BCUT2D eigenvalue weighted by Crippen LogP contribution is -2.52. The van der Waals surface area contributed by atoms with E-state index in [9.17, 15) is 4.79 Å². The molecule has 0 N–H and O–H groups in total. The van der Waals surface area contributed by atoms with Gasteiger partial charge in [-0.05, 0) is 68.7 Å². The number of amides is 1. The first-order chi connectivity index (χ1) is 12.8. The number of nitrogens with zero attached hydrogens (tertiary/aromatic N) is 2. The number of anilines is 1. The van der Waals surface area contributed by atoms with Crippen LogP contribution in [0.25, 0.3) is 0 Å². The van der Waals surface area contributed by atoms with E-state index >= 15 is 0 Å². The van der Waals surface area contributed by atoms with E-state index in [1.54, 1.807) is 0 Å². The van der Waals surface area contributed by atoms with E-state index in [1.807, 2.05) is 55.1 Å². The normalized spacial score (nSPS) is 15.6. The fraction of sp³-hybridized carbons (Fsp3) is 0.409. The Labute approximate surface area is 166 Å². The Kier molecular flexibility index (Phi) is 5.95. The molecule has 0 aromatic heterocycles. The molecule has 2 aromatic rings. The molecule has 0 saturated carbocycles. The highest BCUT2D eigenvalue weighted by Crippen LogP contribution is 2.25. The van der Waals surface area contributed by atoms with Crippen LogP contribution in [0.4, 0.5) is 5.69 Å². The van der Waals surface area contributed by atoms with Crippen LogP contribution < -0.4 is 9.64 Å². The highest BCUT2D eigenvalue weighted by Gasteiger charge is 2.26. The summed E-state index contributed by atoms with van der Waals surface area (Å²) in [4.78, 5) is 17.0. The zero-order valence-corrected chi connectivity index (χ0v) is 17.2. The summed E-state index contributed by atoms with van der Waals surface area (Å²) < 4.78 is 5.89. The second-order valence-electron chi connectivity index (χ2n) is 7.25. The van der Waals surface area contributed by atoms with E-state index in [0.717, 1.165) is 35.1 Å². The molecule has 2 aromatic carbocycles. The number of carbonyl (C=O) groups is 1. The van der Waals surface area contributed by atoms with Crippen LogP contribution in [0.1, 0.15) is 23.6 Å². The SMILES string of the molecule is Cc1ccc(O[C@H](C)C(=O)N2CCN(c3cc(Cl)ccc3C)CC2)cc1C. The Morgan fingerprint density at radius 1 is 0.963 bits per heavy atom. The summed E-state index contributed by atoms with van der Waals surface area (Å²) in [6.45, 7) is 11.0. The third-order valence-electron chi connectivity index (χ3n) is 5.24. The molecule has 0 radical (unpaired) electrons. The number of benzene rings is 2. The third-order valence-corrected chi connectivity index (χ3v) is 5.48. The molecule has 144 valence electrons. The summed E-state index contributed by atoms with van der Waals surface area (Å²) in [5.41, 5.74) is 4.73. The molecule has 5 heteroatoms. The van der Waals surface area contributed by atoms with Gasteiger partial charge in [-0.3, -0.25) is 4.79 Å². The predicted octanol–water partition coefficient (Wildman–Crippen LogP) is 4.38. The summed E-state index contributed by atoms with van der Waals surface area (Å²) in [6.07, 6.45) is -0.494. The first-order valence-corrected chi connectivity index (χ1v) is 9.77. The first-order valence-electron chi connectivity index (χ1n) is 9.39. The standard InChI is InChI=1S/C22H27ClN2O2/c1-15-6-8-20(13-17(15)3)27-18(4)22(26)25-11-9-24(10-12-25)21-14-19(23)7-5-16(21)2/h5-8,13-14,18H,9-12H2,1-4H3/t18-/m1/s1. The number of hydrogen-bond donors (Lipinski definition) is 0. The molecule has 4 nitrogen and oxygen atoms in total. The van der Waals surface area contributed by atoms with Crippen LogP contribution in [0.2, 0.25) is 5.02 Å². The molecule has 1 fully saturated rings. The van der Waals surface area contributed by atoms with Gasteiger partial charge in [-0.25, -0.2) is 0 Å². The van der Waals surface area contributed by atoms with Gasteiger partial charge in [0.05, 0.1) is 0 Å². The average Bonchev–Trinajstić information content (AvgIpc) is 2.66. The van der Waals surface area contributed by atoms with E-state index in [0.29, 0.717) is 13.1 Å². The maximum Gasteiger partial charge on any atom is 0.263 e. The van der Waals surface area contributed by atoms with E-state index < -0.39 is 6.10 Å². The Bertz CT molecular complexity index is 829. The minimum absolute atomic E-state index is 0.0377. The minimum Gasteiger partial charge on any atom is -0.481 e. The van der Waals surface area contributed by atoms with Crippen LogP contribution in [0.5, 0.6) is 5.75 Å². The van der Waals surface area contributed by atoms with Crippen LogP contribution in [0.15, 0.2) is 36.4 Å². The molecule has 1 heterocycles. The van der Waals surface area contributed by atoms with Crippen molar-refractivity contribution in [3.63, 3.8) is 0 Å². The average molecular weight is 387 g/mol. The lowest BCUT2D eigenvalue weighted by molar-refractivity contribution is -0.138. The van der Waals surface area contributed by atoms with Gasteiger partial charge in [-0.15, -0.1) is 0 Å². The monoisotopic (exact) mass is 386 g/mol. The number of halogens is 1. The van der Waals surface area contributed by atoms with Gasteiger partial charge >= 0.3 is 0 Å². The predicted molar refractivity (Wildman–Crippen MR) is 111 cm³/mol. The van der Waals surface area contributed by atoms with Crippen molar-refractivity contribution in [2.24, 2.45) is 0 Å². The molecule has 1 amide bonds. The quantitative estimate of drug-likeness (QED) is 0.781. The topological polar surface area (TPSA) is 32.8 Å². The van der Waals surface area contributed by atoms with Crippen molar-refractivity contribution in [2.45, 2.75) is 33.8 Å². The van der Waals surface area contributed by atoms with Crippen molar-refractivity contribution in [3.8, 4) is 5.75 Å². The van der Waals surface area contributed by atoms with Crippen molar-refractivity contribution in [2.75, 3.05) is 31.1 Å². The minimum atomic E-state index is -0.494. The second-order valence-corrected chi connectivity index (χ2v) is 7.69. The molecule has 3 rings (SSSR count). The maximum atomic E-state index is 12.8. The highest BCUT2D eigenvalue weighted by atomic mass is 35.5. The maximum absolute atomic E-state index is 12.8. The largest absolute Gasteiger partial charge is 0.481 e. The fourth-order valence-corrected chi connectivity index (χ4v) is 3.56. The summed E-state index contributed by atoms with van der Waals surface area (Å²) in [5, 5.41) is 0.740. The molecule has 0 bridgehead atoms. The second kappa shape index (κ2) is 8.22. The molecule has 1 aliphatic rings. The lowest BCUT2D eigenvalue weighted by atomic mass is 10.1. The molecular weight excluding hydrogens is 360 g/mol. The summed E-state index contributed by atoms with van der Waals surface area (Å²) >= 11 is 6.15. The Balaban J connectivity index is 1.59. The molecule has 0 spiro atoms. The fourth-order valence-electron chi connectivity index (χ4n) is 3.39. The Morgan fingerprint density at radius 2 is 1.63 bits per heavy atom. The van der Waals surface area contributed by atoms with Gasteiger partial charge in [-0.2, -0.15) is 0 Å². The van der Waals surface area contributed by atoms with Crippen LogP contribution in [-0.4, -0.2) is 43.1 Å². The molecule has 1 saturated heterocycles. The zero-order chi connectivity index (χ0) is 19.6. The molecular formula is C22H27ClN2O2. The Hall–Kier alpha value is -2.20. The first kappa shape index (κ1) is 19.6. The van der Waals surface area contributed by atoms with Crippen molar-refractivity contribution >= 4 is 23.2 Å². The van der Waals surface area contributed by atoms with Gasteiger partial charge in [0, 0.05) is 36.9 Å². The van der Waals surface area contributed by atoms with Crippen molar-refractivity contribution < 1.29 is 9.53 Å². The number of hydrogen-bond acceptors (Lipinski definition) is 3. The molecule has 1 atom stereocenters. The number of piperazine rings is 1. The smallest absolute Gasteiger partial charge is 0.263 e. The zero-order valence-electron chi connectivity index (χ0n) is 16.5. The van der Waals surface area contributed by atoms with Crippen molar-refractivity contribution in [3.05, 3.63) is 58.1 Å². The molecule has 1 aliphatic heterocycles. The lowest BCUT2D eigenvalue weighted by Gasteiger charge is -2.37. The van der Waals surface area contributed by atoms with E-state index in [-0.39, 0.29) is 5.91 Å². The molecule has 0 aliphatic carbocycles. The molecule has 0 unspecified atom stereocenters. The van der Waals surface area contributed by atoms with Crippen molar-refractivity contribution in [1.29, 1.82) is 0 Å². The summed E-state index contributed by atoms with van der Waals surface area (Å²) in [6, 6.07) is 11.9. The van der Waals surface area contributed by atoms with Crippen LogP contribution in [0.3, 0.4) is 0 Å². The number of ether oxygens (including phenoxy) is 1. The Morgan fingerprint density at radius 3 is 2.30 bits per heavy atom. The van der Waals surface area contributed by atoms with E-state index in [4.69, 9.17) is 16.3 Å². The van der Waals surface area contributed by atoms with Gasteiger partial charge in [0.1, 0.15) is 5.75 Å². The van der Waals surface area contributed by atoms with Crippen LogP contribution in [0, 0.1) is 20.8 Å². The van der Waals surface area contributed by atoms with Crippen LogP contribution in [-0.2, 0) is 4.79 Å². The van der Waals surface area contributed by atoms with Crippen LogP contribution >= 0.6 is 11.6 Å². The number of rotatable bonds is 4. The molecule has 27 heavy (non-hydrogen) atoms.